The van der Waals surface area contributed by atoms with Gasteiger partial charge in [-0.05, 0) is 30.9 Å². The highest BCUT2D eigenvalue weighted by atomic mass is 32.2. The first-order valence-corrected chi connectivity index (χ1v) is 11.8. The molecule has 0 aliphatic carbocycles. The van der Waals surface area contributed by atoms with Crippen LogP contribution in [-0.4, -0.2) is 26.1 Å². The van der Waals surface area contributed by atoms with Crippen molar-refractivity contribution in [3.8, 4) is 0 Å². The first-order valence-electron chi connectivity index (χ1n) is 9.99. The molecule has 1 aromatic carbocycles. The second kappa shape index (κ2) is 10.1. The maximum Gasteiger partial charge on any atom is 0.292 e. The van der Waals surface area contributed by atoms with Crippen LogP contribution in [0, 0.1) is 16.0 Å². The van der Waals surface area contributed by atoms with Crippen LogP contribution in [-0.2, 0) is 17.8 Å². The van der Waals surface area contributed by atoms with Crippen LogP contribution in [0.1, 0.15) is 32.1 Å². The fraction of sp³-hybridized carbons (Fsp3) is 0.381. The van der Waals surface area contributed by atoms with Crippen LogP contribution < -0.4 is 10.9 Å². The number of aryl methyl sites for hydroxylation is 1. The summed E-state index contributed by atoms with van der Waals surface area (Å²) in [6, 6.07) is 7.89. The van der Waals surface area contributed by atoms with Crippen LogP contribution in [0.25, 0.3) is 10.2 Å². The van der Waals surface area contributed by atoms with Gasteiger partial charge in [0.1, 0.15) is 10.5 Å². The van der Waals surface area contributed by atoms with E-state index in [0.29, 0.717) is 27.8 Å². The molecule has 8 nitrogen and oxygen atoms in total. The van der Waals surface area contributed by atoms with Crippen LogP contribution in [0.15, 0.2) is 40.3 Å². The van der Waals surface area contributed by atoms with Crippen molar-refractivity contribution in [3.05, 3.63) is 55.7 Å². The van der Waals surface area contributed by atoms with Crippen LogP contribution >= 0.6 is 23.1 Å². The summed E-state index contributed by atoms with van der Waals surface area (Å²) in [5.41, 5.74) is -0.118. The molecular formula is C21H24N4O4S2. The molecule has 0 saturated carbocycles. The van der Waals surface area contributed by atoms with E-state index in [1.165, 1.54) is 23.5 Å². The molecule has 1 amide bonds. The van der Waals surface area contributed by atoms with Gasteiger partial charge in [-0.3, -0.25) is 24.3 Å². The van der Waals surface area contributed by atoms with Crippen LogP contribution in [0.2, 0.25) is 0 Å². The number of benzene rings is 1. The Bertz CT molecular complexity index is 1170. The summed E-state index contributed by atoms with van der Waals surface area (Å²) in [5, 5.41) is 14.8. The summed E-state index contributed by atoms with van der Waals surface area (Å²) < 4.78 is 1.64. The van der Waals surface area contributed by atoms with Crippen molar-refractivity contribution in [1.29, 1.82) is 0 Å². The average Bonchev–Trinajstić information content (AvgIpc) is 3.15. The van der Waals surface area contributed by atoms with Crippen molar-refractivity contribution in [2.75, 3.05) is 11.1 Å². The average molecular weight is 461 g/mol. The number of nitro benzene ring substituents is 1. The van der Waals surface area contributed by atoms with Gasteiger partial charge >= 0.3 is 0 Å². The molecule has 0 aliphatic heterocycles. The third kappa shape index (κ3) is 5.50. The SMILES string of the molecule is CCc1cc2c(=O)n(CCC(C)C)c(SCC(=O)Nc3ccccc3[N+](=O)[O-])nc2s1. The van der Waals surface area contributed by atoms with Gasteiger partial charge in [-0.2, -0.15) is 0 Å². The number of rotatable bonds is 9. The number of nitrogens with one attached hydrogen (secondary N) is 1. The highest BCUT2D eigenvalue weighted by Crippen LogP contribution is 2.27. The molecule has 31 heavy (non-hydrogen) atoms. The Morgan fingerprint density at radius 3 is 2.77 bits per heavy atom. The van der Waals surface area contributed by atoms with E-state index in [1.54, 1.807) is 16.7 Å². The van der Waals surface area contributed by atoms with Crippen LogP contribution in [0.3, 0.4) is 0 Å². The Hall–Kier alpha value is -2.72. The maximum atomic E-state index is 13.1. The summed E-state index contributed by atoms with van der Waals surface area (Å²) in [5.74, 6) is -0.00180. The predicted octanol–water partition coefficient (Wildman–Crippen LogP) is 4.71. The minimum Gasteiger partial charge on any atom is -0.320 e. The number of nitrogens with zero attached hydrogens (tertiary/aromatic N) is 3. The number of fused-ring (bicyclic) bond motifs is 1. The predicted molar refractivity (Wildman–Crippen MR) is 125 cm³/mol. The summed E-state index contributed by atoms with van der Waals surface area (Å²) in [6.07, 6.45) is 1.64. The van der Waals surface area contributed by atoms with Crippen molar-refractivity contribution in [3.63, 3.8) is 0 Å². The zero-order valence-corrected chi connectivity index (χ0v) is 19.2. The number of aromatic nitrogens is 2. The number of thioether (sulfide) groups is 1. The van der Waals surface area contributed by atoms with E-state index < -0.39 is 10.8 Å². The van der Waals surface area contributed by atoms with E-state index in [-0.39, 0.29) is 22.7 Å². The van der Waals surface area contributed by atoms with Gasteiger partial charge in [-0.25, -0.2) is 4.98 Å². The van der Waals surface area contributed by atoms with Gasteiger partial charge in [0.05, 0.1) is 16.1 Å². The molecule has 3 rings (SSSR count). The van der Waals surface area contributed by atoms with Crippen molar-refractivity contribution < 1.29 is 9.72 Å². The Morgan fingerprint density at radius 2 is 2.10 bits per heavy atom. The number of carbonyl (C=O) groups excluding carboxylic acids is 1. The topological polar surface area (TPSA) is 107 Å². The van der Waals surface area contributed by atoms with Crippen molar-refractivity contribution in [2.24, 2.45) is 5.92 Å². The molecule has 0 aliphatic rings. The fourth-order valence-electron chi connectivity index (χ4n) is 2.97. The molecule has 10 heteroatoms. The molecule has 164 valence electrons. The highest BCUT2D eigenvalue weighted by molar-refractivity contribution is 7.99. The standard InChI is InChI=1S/C21H24N4O4S2/c1-4-14-11-15-19(31-14)23-21(24(20(15)27)10-9-13(2)3)30-12-18(26)22-16-7-5-6-8-17(16)25(28)29/h5-8,11,13H,4,9-10,12H2,1-3H3,(H,22,26). The third-order valence-corrected chi connectivity index (χ3v) is 6.80. The zero-order chi connectivity index (χ0) is 22.5. The lowest BCUT2D eigenvalue weighted by molar-refractivity contribution is -0.383. The number of para-hydroxylation sites is 2. The van der Waals surface area contributed by atoms with Crippen LogP contribution in [0.4, 0.5) is 11.4 Å². The van der Waals surface area contributed by atoms with E-state index in [1.807, 2.05) is 13.0 Å². The second-order valence-electron chi connectivity index (χ2n) is 7.43. The summed E-state index contributed by atoms with van der Waals surface area (Å²) in [7, 11) is 0. The molecule has 2 heterocycles. The molecule has 0 unspecified atom stereocenters. The van der Waals surface area contributed by atoms with Gasteiger partial charge in [0.15, 0.2) is 5.16 Å². The van der Waals surface area contributed by atoms with Gasteiger partial charge in [0.25, 0.3) is 11.2 Å². The number of hydrogen-bond donors (Lipinski definition) is 1. The smallest absolute Gasteiger partial charge is 0.292 e. The number of hydrogen-bond acceptors (Lipinski definition) is 7. The lowest BCUT2D eigenvalue weighted by Gasteiger charge is -2.13. The maximum absolute atomic E-state index is 13.1. The molecule has 0 saturated heterocycles. The second-order valence-corrected chi connectivity index (χ2v) is 9.49. The molecule has 3 aromatic rings. The first-order chi connectivity index (χ1) is 14.8. The quantitative estimate of drug-likeness (QED) is 0.215. The van der Waals surface area contributed by atoms with Gasteiger partial charge in [-0.15, -0.1) is 11.3 Å². The fourth-order valence-corrected chi connectivity index (χ4v) is 4.80. The minimum atomic E-state index is -0.538. The number of nitro groups is 1. The lowest BCUT2D eigenvalue weighted by atomic mass is 10.1. The van der Waals surface area contributed by atoms with Gasteiger partial charge in [-0.1, -0.05) is 44.7 Å². The Balaban J connectivity index is 1.84. The monoisotopic (exact) mass is 460 g/mol. The third-order valence-electron chi connectivity index (χ3n) is 4.65. The molecule has 1 N–H and O–H groups in total. The number of amides is 1. The van der Waals surface area contributed by atoms with E-state index in [2.05, 4.69) is 24.1 Å². The summed E-state index contributed by atoms with van der Waals surface area (Å²) >= 11 is 2.65. The van der Waals surface area contributed by atoms with Gasteiger partial charge in [0, 0.05) is 17.5 Å². The van der Waals surface area contributed by atoms with Crippen LogP contribution in [0.5, 0.6) is 0 Å². The first kappa shape index (κ1) is 23.0. The Labute approximate surface area is 187 Å². The molecule has 0 fully saturated rings. The van der Waals surface area contributed by atoms with E-state index >= 15 is 0 Å². The molecule has 0 spiro atoms. The Morgan fingerprint density at radius 1 is 1.35 bits per heavy atom. The number of thiophene rings is 1. The molecule has 2 aromatic heterocycles. The summed E-state index contributed by atoms with van der Waals surface area (Å²) in [6.45, 7) is 6.73. The van der Waals surface area contributed by atoms with Gasteiger partial charge in [0.2, 0.25) is 5.91 Å². The van der Waals surface area contributed by atoms with E-state index in [4.69, 9.17) is 0 Å². The highest BCUT2D eigenvalue weighted by Gasteiger charge is 2.18. The van der Waals surface area contributed by atoms with Crippen molar-refractivity contribution in [1.82, 2.24) is 9.55 Å². The van der Waals surface area contributed by atoms with Gasteiger partial charge < -0.3 is 5.32 Å². The van der Waals surface area contributed by atoms with Crippen molar-refractivity contribution in [2.45, 2.75) is 45.3 Å². The molecule has 0 bridgehead atoms. The van der Waals surface area contributed by atoms with E-state index in [9.17, 15) is 19.7 Å². The number of carbonyl (C=O) groups is 1. The lowest BCUT2D eigenvalue weighted by Crippen LogP contribution is -2.24. The zero-order valence-electron chi connectivity index (χ0n) is 17.6. The number of anilines is 1. The molecule has 0 radical (unpaired) electrons. The van der Waals surface area contributed by atoms with Crippen molar-refractivity contribution >= 4 is 50.6 Å². The van der Waals surface area contributed by atoms with E-state index in [0.717, 1.165) is 29.5 Å². The largest absolute Gasteiger partial charge is 0.320 e. The molecule has 0 atom stereocenters. The summed E-state index contributed by atoms with van der Waals surface area (Å²) in [4.78, 5) is 42.6. The normalized spacial score (nSPS) is 11.2. The Kier molecular flexibility index (Phi) is 7.45. The molecular weight excluding hydrogens is 436 g/mol. The minimum absolute atomic E-state index is 0.0162.